The van der Waals surface area contributed by atoms with Gasteiger partial charge in [0.05, 0.1) is 0 Å². The standard InChI is InChI=1S/C12H16N2OS/c15-12(14-7-9-16-10-8-14)2-1-11-3-5-13-6-4-11/h3-6H,1-2,7-10H2. The van der Waals surface area contributed by atoms with Crippen LogP contribution in [-0.4, -0.2) is 40.4 Å². The van der Waals surface area contributed by atoms with Gasteiger partial charge >= 0.3 is 0 Å². The lowest BCUT2D eigenvalue weighted by atomic mass is 10.1. The van der Waals surface area contributed by atoms with Gasteiger partial charge in [-0.05, 0) is 24.1 Å². The van der Waals surface area contributed by atoms with Gasteiger partial charge in [-0.2, -0.15) is 11.8 Å². The first-order valence-corrected chi connectivity index (χ1v) is 6.76. The molecule has 2 heterocycles. The minimum absolute atomic E-state index is 0.289. The topological polar surface area (TPSA) is 33.2 Å². The normalized spacial score (nSPS) is 16.1. The number of rotatable bonds is 3. The SMILES string of the molecule is O=C(CCc1ccncc1)N1CCSCC1. The van der Waals surface area contributed by atoms with E-state index in [0.29, 0.717) is 6.42 Å². The molecule has 1 fully saturated rings. The molecule has 0 N–H and O–H groups in total. The highest BCUT2D eigenvalue weighted by molar-refractivity contribution is 7.99. The predicted molar refractivity (Wildman–Crippen MR) is 66.5 cm³/mol. The Balaban J connectivity index is 1.79. The number of hydrogen-bond acceptors (Lipinski definition) is 3. The highest BCUT2D eigenvalue weighted by Gasteiger charge is 2.15. The maximum absolute atomic E-state index is 11.9. The second kappa shape index (κ2) is 5.89. The van der Waals surface area contributed by atoms with Crippen LogP contribution in [0.4, 0.5) is 0 Å². The summed E-state index contributed by atoms with van der Waals surface area (Å²) in [5.41, 5.74) is 1.19. The quantitative estimate of drug-likeness (QED) is 0.799. The highest BCUT2D eigenvalue weighted by atomic mass is 32.2. The first-order chi connectivity index (χ1) is 7.86. The van der Waals surface area contributed by atoms with E-state index in [1.807, 2.05) is 28.8 Å². The van der Waals surface area contributed by atoms with E-state index in [-0.39, 0.29) is 5.91 Å². The monoisotopic (exact) mass is 236 g/mol. The summed E-state index contributed by atoms with van der Waals surface area (Å²) in [7, 11) is 0. The largest absolute Gasteiger partial charge is 0.341 e. The first kappa shape index (κ1) is 11.5. The van der Waals surface area contributed by atoms with Crippen molar-refractivity contribution in [2.45, 2.75) is 12.8 Å². The summed E-state index contributed by atoms with van der Waals surface area (Å²) in [5.74, 6) is 2.46. The van der Waals surface area contributed by atoms with Crippen LogP contribution in [0.1, 0.15) is 12.0 Å². The van der Waals surface area contributed by atoms with E-state index >= 15 is 0 Å². The Labute approximate surface area is 100 Å². The minimum atomic E-state index is 0.289. The summed E-state index contributed by atoms with van der Waals surface area (Å²) in [6.07, 6.45) is 4.99. The zero-order valence-electron chi connectivity index (χ0n) is 9.26. The van der Waals surface area contributed by atoms with E-state index in [0.717, 1.165) is 31.0 Å². The molecule has 0 aliphatic carbocycles. The summed E-state index contributed by atoms with van der Waals surface area (Å²) >= 11 is 1.93. The molecule has 2 rings (SSSR count). The van der Waals surface area contributed by atoms with Crippen LogP contribution in [0.25, 0.3) is 0 Å². The van der Waals surface area contributed by atoms with Crippen LogP contribution in [0, 0.1) is 0 Å². The number of nitrogens with zero attached hydrogens (tertiary/aromatic N) is 2. The van der Waals surface area contributed by atoms with Gasteiger partial charge in [0.2, 0.25) is 5.91 Å². The Hall–Kier alpha value is -1.03. The second-order valence-corrected chi connectivity index (χ2v) is 5.07. The van der Waals surface area contributed by atoms with Gasteiger partial charge in [-0.25, -0.2) is 0 Å². The molecule has 4 heteroatoms. The Kier molecular flexibility index (Phi) is 4.22. The molecule has 1 aliphatic heterocycles. The molecule has 0 unspecified atom stereocenters. The van der Waals surface area contributed by atoms with Crippen LogP contribution in [0.15, 0.2) is 24.5 Å². The van der Waals surface area contributed by atoms with Gasteiger partial charge in [0.25, 0.3) is 0 Å². The molecular weight excluding hydrogens is 220 g/mol. The van der Waals surface area contributed by atoms with Gasteiger partial charge < -0.3 is 4.90 Å². The molecule has 0 bridgehead atoms. The molecule has 0 aromatic carbocycles. The third-order valence-electron chi connectivity index (χ3n) is 2.74. The molecule has 86 valence electrons. The average Bonchev–Trinajstić information content (AvgIpc) is 2.38. The lowest BCUT2D eigenvalue weighted by molar-refractivity contribution is -0.130. The third kappa shape index (κ3) is 3.23. The van der Waals surface area contributed by atoms with Crippen LogP contribution in [0.5, 0.6) is 0 Å². The predicted octanol–water partition coefficient (Wildman–Crippen LogP) is 1.59. The first-order valence-electron chi connectivity index (χ1n) is 5.61. The molecule has 16 heavy (non-hydrogen) atoms. The molecular formula is C12H16N2OS. The molecule has 0 saturated carbocycles. The smallest absolute Gasteiger partial charge is 0.222 e. The van der Waals surface area contributed by atoms with Crippen LogP contribution in [-0.2, 0) is 11.2 Å². The molecule has 1 aromatic rings. The summed E-state index contributed by atoms with van der Waals surface area (Å²) in [4.78, 5) is 17.8. The van der Waals surface area contributed by atoms with Crippen LogP contribution in [0.3, 0.4) is 0 Å². The second-order valence-electron chi connectivity index (χ2n) is 3.85. The number of pyridine rings is 1. The number of aryl methyl sites for hydroxylation is 1. The molecule has 1 saturated heterocycles. The molecule has 3 nitrogen and oxygen atoms in total. The van der Waals surface area contributed by atoms with Gasteiger partial charge in [0.15, 0.2) is 0 Å². The highest BCUT2D eigenvalue weighted by Crippen LogP contribution is 2.11. The number of thioether (sulfide) groups is 1. The fourth-order valence-electron chi connectivity index (χ4n) is 1.77. The van der Waals surface area contributed by atoms with Crippen molar-refractivity contribution in [3.63, 3.8) is 0 Å². The lowest BCUT2D eigenvalue weighted by Crippen LogP contribution is -2.37. The molecule has 1 aromatic heterocycles. The van der Waals surface area contributed by atoms with Crippen LogP contribution in [0.2, 0.25) is 0 Å². The summed E-state index contributed by atoms with van der Waals surface area (Å²) in [6, 6.07) is 3.94. The fourth-order valence-corrected chi connectivity index (χ4v) is 2.67. The number of carbonyl (C=O) groups is 1. The van der Waals surface area contributed by atoms with Crippen molar-refractivity contribution in [1.29, 1.82) is 0 Å². The summed E-state index contributed by atoms with van der Waals surface area (Å²) < 4.78 is 0. The van der Waals surface area contributed by atoms with Gasteiger partial charge in [-0.1, -0.05) is 0 Å². The Morgan fingerprint density at radius 2 is 2.00 bits per heavy atom. The Bertz CT molecular complexity index is 336. The van der Waals surface area contributed by atoms with Crippen molar-refractivity contribution in [2.75, 3.05) is 24.6 Å². The van der Waals surface area contributed by atoms with Crippen molar-refractivity contribution in [1.82, 2.24) is 9.88 Å². The van der Waals surface area contributed by atoms with E-state index in [4.69, 9.17) is 0 Å². The van der Waals surface area contributed by atoms with Crippen molar-refractivity contribution >= 4 is 17.7 Å². The molecule has 1 amide bonds. The van der Waals surface area contributed by atoms with Crippen molar-refractivity contribution in [2.24, 2.45) is 0 Å². The van der Waals surface area contributed by atoms with Crippen LogP contribution < -0.4 is 0 Å². The van der Waals surface area contributed by atoms with Crippen molar-refractivity contribution < 1.29 is 4.79 Å². The van der Waals surface area contributed by atoms with E-state index in [9.17, 15) is 4.79 Å². The zero-order valence-corrected chi connectivity index (χ0v) is 10.1. The molecule has 1 aliphatic rings. The number of aromatic nitrogens is 1. The van der Waals surface area contributed by atoms with Gasteiger partial charge in [0, 0.05) is 43.4 Å². The molecule has 0 spiro atoms. The number of carbonyl (C=O) groups excluding carboxylic acids is 1. The molecule has 0 atom stereocenters. The van der Waals surface area contributed by atoms with Gasteiger partial charge in [-0.15, -0.1) is 0 Å². The third-order valence-corrected chi connectivity index (χ3v) is 3.68. The van der Waals surface area contributed by atoms with E-state index in [1.165, 1.54) is 5.56 Å². The van der Waals surface area contributed by atoms with Crippen LogP contribution >= 0.6 is 11.8 Å². The minimum Gasteiger partial charge on any atom is -0.341 e. The maximum Gasteiger partial charge on any atom is 0.222 e. The summed E-state index contributed by atoms with van der Waals surface area (Å²) in [5, 5.41) is 0. The van der Waals surface area contributed by atoms with Gasteiger partial charge in [0.1, 0.15) is 0 Å². The van der Waals surface area contributed by atoms with Crippen molar-refractivity contribution in [3.05, 3.63) is 30.1 Å². The zero-order chi connectivity index (χ0) is 11.2. The van der Waals surface area contributed by atoms with Crippen molar-refractivity contribution in [3.8, 4) is 0 Å². The lowest BCUT2D eigenvalue weighted by Gasteiger charge is -2.26. The number of amides is 1. The van der Waals surface area contributed by atoms with E-state index < -0.39 is 0 Å². The Morgan fingerprint density at radius 1 is 1.31 bits per heavy atom. The maximum atomic E-state index is 11.9. The Morgan fingerprint density at radius 3 is 2.69 bits per heavy atom. The van der Waals surface area contributed by atoms with E-state index in [2.05, 4.69) is 4.98 Å². The van der Waals surface area contributed by atoms with Gasteiger partial charge in [-0.3, -0.25) is 9.78 Å². The molecule has 0 radical (unpaired) electrons. The number of hydrogen-bond donors (Lipinski definition) is 0. The fraction of sp³-hybridized carbons (Fsp3) is 0.500. The summed E-state index contributed by atoms with van der Waals surface area (Å²) in [6.45, 7) is 1.83. The average molecular weight is 236 g/mol. The van der Waals surface area contributed by atoms with E-state index in [1.54, 1.807) is 12.4 Å².